The van der Waals surface area contributed by atoms with Gasteiger partial charge in [-0.05, 0) is 19.8 Å². The van der Waals surface area contributed by atoms with Crippen LogP contribution < -0.4 is 10.5 Å². The Bertz CT molecular complexity index is 392. The van der Waals surface area contributed by atoms with Crippen LogP contribution in [0.4, 0.5) is 0 Å². The smallest absolute Gasteiger partial charge is 0.161 e. The molecule has 5 nitrogen and oxygen atoms in total. The van der Waals surface area contributed by atoms with Crippen molar-refractivity contribution >= 4 is 0 Å². The standard InChI is InChI=1S/C13H23N3O2/c1-4-5-16-13(11(17-3)7-15-16)12(14)10-6-9(2)18-8-10/h7,9-10,12H,4-6,8,14H2,1-3H3. The molecule has 1 saturated heterocycles. The molecule has 0 saturated carbocycles. The maximum Gasteiger partial charge on any atom is 0.161 e. The number of aromatic nitrogens is 2. The molecule has 0 amide bonds. The van der Waals surface area contributed by atoms with Crippen LogP contribution in [0.15, 0.2) is 6.20 Å². The average Bonchev–Trinajstić information content (AvgIpc) is 2.95. The van der Waals surface area contributed by atoms with E-state index in [1.165, 1.54) is 0 Å². The fourth-order valence-corrected chi connectivity index (χ4v) is 2.59. The second kappa shape index (κ2) is 5.71. The van der Waals surface area contributed by atoms with Gasteiger partial charge in [-0.25, -0.2) is 0 Å². The zero-order valence-corrected chi connectivity index (χ0v) is 11.4. The SMILES string of the molecule is CCCn1ncc(OC)c1C(N)C1COC(C)C1. The summed E-state index contributed by atoms with van der Waals surface area (Å²) in [6, 6.07) is -0.0704. The second-order valence-corrected chi connectivity index (χ2v) is 4.99. The highest BCUT2D eigenvalue weighted by molar-refractivity contribution is 5.28. The lowest BCUT2D eigenvalue weighted by molar-refractivity contribution is 0.118. The van der Waals surface area contributed by atoms with Crippen molar-refractivity contribution in [1.82, 2.24) is 9.78 Å². The molecule has 1 fully saturated rings. The zero-order chi connectivity index (χ0) is 13.1. The van der Waals surface area contributed by atoms with Gasteiger partial charge in [0.25, 0.3) is 0 Å². The lowest BCUT2D eigenvalue weighted by atomic mass is 9.94. The van der Waals surface area contributed by atoms with Gasteiger partial charge >= 0.3 is 0 Å². The van der Waals surface area contributed by atoms with E-state index in [-0.39, 0.29) is 6.04 Å². The van der Waals surface area contributed by atoms with E-state index in [4.69, 9.17) is 15.2 Å². The van der Waals surface area contributed by atoms with E-state index in [9.17, 15) is 0 Å². The average molecular weight is 253 g/mol. The first-order valence-electron chi connectivity index (χ1n) is 6.64. The van der Waals surface area contributed by atoms with Crippen LogP contribution >= 0.6 is 0 Å². The van der Waals surface area contributed by atoms with Crippen LogP contribution in [0.3, 0.4) is 0 Å². The highest BCUT2D eigenvalue weighted by Gasteiger charge is 2.32. The molecule has 3 unspecified atom stereocenters. The summed E-state index contributed by atoms with van der Waals surface area (Å²) in [6.07, 6.45) is 4.09. The molecule has 18 heavy (non-hydrogen) atoms. The van der Waals surface area contributed by atoms with E-state index >= 15 is 0 Å². The number of nitrogens with two attached hydrogens (primary N) is 1. The van der Waals surface area contributed by atoms with E-state index in [1.807, 2.05) is 4.68 Å². The van der Waals surface area contributed by atoms with Crippen molar-refractivity contribution in [3.8, 4) is 5.75 Å². The topological polar surface area (TPSA) is 62.3 Å². The van der Waals surface area contributed by atoms with Gasteiger partial charge in [-0.2, -0.15) is 5.10 Å². The molecular formula is C13H23N3O2. The predicted molar refractivity (Wildman–Crippen MR) is 69.5 cm³/mol. The largest absolute Gasteiger partial charge is 0.493 e. The van der Waals surface area contributed by atoms with Gasteiger partial charge < -0.3 is 15.2 Å². The zero-order valence-electron chi connectivity index (χ0n) is 11.4. The Balaban J connectivity index is 2.21. The number of hydrogen-bond donors (Lipinski definition) is 1. The Hall–Kier alpha value is -1.07. The molecule has 5 heteroatoms. The van der Waals surface area contributed by atoms with Gasteiger partial charge in [0.15, 0.2) is 5.75 Å². The Morgan fingerprint density at radius 2 is 2.44 bits per heavy atom. The van der Waals surface area contributed by atoms with Gasteiger partial charge in [0.2, 0.25) is 0 Å². The van der Waals surface area contributed by atoms with Gasteiger partial charge in [0, 0.05) is 12.5 Å². The molecule has 102 valence electrons. The minimum absolute atomic E-state index is 0.0704. The van der Waals surface area contributed by atoms with Crippen molar-refractivity contribution in [3.05, 3.63) is 11.9 Å². The molecule has 2 N–H and O–H groups in total. The molecule has 1 aromatic heterocycles. The molecule has 1 aliphatic rings. The Morgan fingerprint density at radius 3 is 3.00 bits per heavy atom. The molecule has 1 aromatic rings. The summed E-state index contributed by atoms with van der Waals surface area (Å²) in [5, 5.41) is 4.36. The quantitative estimate of drug-likeness (QED) is 0.868. The van der Waals surface area contributed by atoms with Crippen LogP contribution in [0.2, 0.25) is 0 Å². The maximum atomic E-state index is 6.39. The Kier molecular flexibility index (Phi) is 4.24. The molecule has 0 radical (unpaired) electrons. The Labute approximate surface area is 108 Å². The Morgan fingerprint density at radius 1 is 1.67 bits per heavy atom. The van der Waals surface area contributed by atoms with Crippen molar-refractivity contribution < 1.29 is 9.47 Å². The predicted octanol–water partition coefficient (Wildman–Crippen LogP) is 1.73. The summed E-state index contributed by atoms with van der Waals surface area (Å²) in [5.41, 5.74) is 7.40. The van der Waals surface area contributed by atoms with Crippen molar-refractivity contribution in [1.29, 1.82) is 0 Å². The third-order valence-corrected chi connectivity index (χ3v) is 3.55. The molecule has 0 aliphatic carbocycles. The number of aryl methyl sites for hydroxylation is 1. The van der Waals surface area contributed by atoms with Gasteiger partial charge in [-0.1, -0.05) is 6.92 Å². The van der Waals surface area contributed by atoms with Crippen LogP contribution in [-0.4, -0.2) is 29.6 Å². The molecule has 3 atom stereocenters. The van der Waals surface area contributed by atoms with E-state index in [0.717, 1.165) is 37.4 Å². The first kappa shape index (κ1) is 13.4. The van der Waals surface area contributed by atoms with Gasteiger partial charge in [0.05, 0.1) is 37.8 Å². The molecule has 2 rings (SSSR count). The van der Waals surface area contributed by atoms with E-state index < -0.39 is 0 Å². The lowest BCUT2D eigenvalue weighted by Crippen LogP contribution is -2.25. The summed E-state index contributed by atoms with van der Waals surface area (Å²) in [5.74, 6) is 1.14. The van der Waals surface area contributed by atoms with Gasteiger partial charge in [0.1, 0.15) is 0 Å². The van der Waals surface area contributed by atoms with Crippen molar-refractivity contribution in [2.75, 3.05) is 13.7 Å². The van der Waals surface area contributed by atoms with Crippen molar-refractivity contribution in [3.63, 3.8) is 0 Å². The molecule has 1 aliphatic heterocycles. The van der Waals surface area contributed by atoms with Crippen LogP contribution in [0.1, 0.15) is 38.4 Å². The van der Waals surface area contributed by atoms with Gasteiger partial charge in [-0.15, -0.1) is 0 Å². The molecule has 0 aromatic carbocycles. The molecule has 0 spiro atoms. The number of methoxy groups -OCH3 is 1. The maximum absolute atomic E-state index is 6.39. The highest BCUT2D eigenvalue weighted by atomic mass is 16.5. The lowest BCUT2D eigenvalue weighted by Gasteiger charge is -2.20. The minimum atomic E-state index is -0.0704. The van der Waals surface area contributed by atoms with E-state index in [2.05, 4.69) is 18.9 Å². The summed E-state index contributed by atoms with van der Waals surface area (Å²) < 4.78 is 12.9. The third kappa shape index (κ3) is 2.52. The third-order valence-electron chi connectivity index (χ3n) is 3.55. The fraction of sp³-hybridized carbons (Fsp3) is 0.769. The summed E-state index contributed by atoms with van der Waals surface area (Å²) in [7, 11) is 1.66. The van der Waals surface area contributed by atoms with Crippen LogP contribution in [0, 0.1) is 5.92 Å². The van der Waals surface area contributed by atoms with Crippen LogP contribution in [-0.2, 0) is 11.3 Å². The van der Waals surface area contributed by atoms with Crippen LogP contribution in [0.25, 0.3) is 0 Å². The number of rotatable bonds is 5. The fourth-order valence-electron chi connectivity index (χ4n) is 2.59. The van der Waals surface area contributed by atoms with E-state index in [0.29, 0.717) is 12.0 Å². The first-order chi connectivity index (χ1) is 8.67. The molecule has 0 bridgehead atoms. The molecular weight excluding hydrogens is 230 g/mol. The summed E-state index contributed by atoms with van der Waals surface area (Å²) in [6.45, 7) is 5.82. The second-order valence-electron chi connectivity index (χ2n) is 4.99. The van der Waals surface area contributed by atoms with Gasteiger partial charge in [-0.3, -0.25) is 4.68 Å². The van der Waals surface area contributed by atoms with Crippen LogP contribution in [0.5, 0.6) is 5.75 Å². The monoisotopic (exact) mass is 253 g/mol. The normalized spacial score (nSPS) is 25.3. The number of hydrogen-bond acceptors (Lipinski definition) is 4. The highest BCUT2D eigenvalue weighted by Crippen LogP contribution is 2.34. The minimum Gasteiger partial charge on any atom is -0.493 e. The molecule has 2 heterocycles. The van der Waals surface area contributed by atoms with Crippen molar-refractivity contribution in [2.24, 2.45) is 11.7 Å². The number of nitrogens with zero attached hydrogens (tertiary/aromatic N) is 2. The number of ether oxygens (including phenoxy) is 2. The van der Waals surface area contributed by atoms with Crippen molar-refractivity contribution in [2.45, 2.75) is 45.4 Å². The van der Waals surface area contributed by atoms with E-state index in [1.54, 1.807) is 13.3 Å². The summed E-state index contributed by atoms with van der Waals surface area (Å²) in [4.78, 5) is 0. The summed E-state index contributed by atoms with van der Waals surface area (Å²) >= 11 is 0. The first-order valence-corrected chi connectivity index (χ1v) is 6.64.